The SMILES string of the molecule is Cn1c(=O)oc2ccc(CC(=O)NC(C)(C)C)cc21. The predicted octanol–water partition coefficient (Wildman–Crippen LogP) is 1.59. The van der Waals surface area contributed by atoms with Crippen molar-refractivity contribution in [1.29, 1.82) is 0 Å². The van der Waals surface area contributed by atoms with Gasteiger partial charge in [0, 0.05) is 12.6 Å². The maximum Gasteiger partial charge on any atom is 0.419 e. The third-order valence-electron chi connectivity index (χ3n) is 2.73. The number of carbonyl (C=O) groups is 1. The van der Waals surface area contributed by atoms with E-state index < -0.39 is 5.76 Å². The van der Waals surface area contributed by atoms with Crippen LogP contribution in [-0.4, -0.2) is 16.0 Å². The fourth-order valence-corrected chi connectivity index (χ4v) is 1.93. The van der Waals surface area contributed by atoms with Crippen LogP contribution in [0.25, 0.3) is 11.1 Å². The fraction of sp³-hybridized carbons (Fsp3) is 0.429. The summed E-state index contributed by atoms with van der Waals surface area (Å²) in [7, 11) is 1.65. The number of rotatable bonds is 2. The molecule has 1 N–H and O–H groups in total. The number of aromatic nitrogens is 1. The summed E-state index contributed by atoms with van der Waals surface area (Å²) in [4.78, 5) is 23.2. The molecule has 0 unspecified atom stereocenters. The summed E-state index contributed by atoms with van der Waals surface area (Å²) in [5.41, 5.74) is 1.84. The maximum absolute atomic E-state index is 11.9. The van der Waals surface area contributed by atoms with Gasteiger partial charge in [-0.1, -0.05) is 6.07 Å². The quantitative estimate of drug-likeness (QED) is 0.893. The molecule has 19 heavy (non-hydrogen) atoms. The minimum atomic E-state index is -0.397. The number of hydrogen-bond acceptors (Lipinski definition) is 3. The lowest BCUT2D eigenvalue weighted by molar-refractivity contribution is -0.121. The molecule has 5 nitrogen and oxygen atoms in total. The molecule has 5 heteroatoms. The Hall–Kier alpha value is -2.04. The Kier molecular flexibility index (Phi) is 3.22. The number of amides is 1. The van der Waals surface area contributed by atoms with Gasteiger partial charge < -0.3 is 9.73 Å². The second-order valence-corrected chi connectivity index (χ2v) is 5.70. The van der Waals surface area contributed by atoms with E-state index in [0.717, 1.165) is 5.56 Å². The fourth-order valence-electron chi connectivity index (χ4n) is 1.93. The minimum Gasteiger partial charge on any atom is -0.408 e. The molecule has 1 amide bonds. The summed E-state index contributed by atoms with van der Waals surface area (Å²) >= 11 is 0. The molecule has 0 bridgehead atoms. The van der Waals surface area contributed by atoms with Crippen molar-refractivity contribution in [2.45, 2.75) is 32.7 Å². The van der Waals surface area contributed by atoms with E-state index in [4.69, 9.17) is 4.42 Å². The van der Waals surface area contributed by atoms with Crippen molar-refractivity contribution in [2.24, 2.45) is 7.05 Å². The molecule has 0 spiro atoms. The van der Waals surface area contributed by atoms with Gasteiger partial charge in [0.15, 0.2) is 5.58 Å². The summed E-state index contributed by atoms with van der Waals surface area (Å²) in [5, 5.41) is 2.90. The van der Waals surface area contributed by atoms with Crippen LogP contribution >= 0.6 is 0 Å². The summed E-state index contributed by atoms with van der Waals surface area (Å²) in [6, 6.07) is 5.33. The molecule has 1 aromatic carbocycles. The summed E-state index contributed by atoms with van der Waals surface area (Å²) in [5.74, 6) is -0.438. The van der Waals surface area contributed by atoms with E-state index in [0.29, 0.717) is 11.1 Å². The van der Waals surface area contributed by atoms with Crippen LogP contribution in [0.15, 0.2) is 27.4 Å². The van der Waals surface area contributed by atoms with Crippen molar-refractivity contribution in [3.8, 4) is 0 Å². The first kappa shape index (κ1) is 13.4. The third-order valence-corrected chi connectivity index (χ3v) is 2.73. The Morgan fingerprint density at radius 2 is 2.05 bits per heavy atom. The lowest BCUT2D eigenvalue weighted by atomic mass is 10.1. The Labute approximate surface area is 111 Å². The molecule has 0 saturated heterocycles. The summed E-state index contributed by atoms with van der Waals surface area (Å²) in [6.45, 7) is 5.82. The lowest BCUT2D eigenvalue weighted by Crippen LogP contribution is -2.41. The van der Waals surface area contributed by atoms with Gasteiger partial charge in [0.2, 0.25) is 5.91 Å². The van der Waals surface area contributed by atoms with Crippen LogP contribution in [0.4, 0.5) is 0 Å². The standard InChI is InChI=1S/C14H18N2O3/c1-14(2,3)15-12(17)8-9-5-6-11-10(7-9)16(4)13(18)19-11/h5-7H,8H2,1-4H3,(H,15,17). The van der Waals surface area contributed by atoms with Crippen molar-refractivity contribution in [2.75, 3.05) is 0 Å². The smallest absolute Gasteiger partial charge is 0.408 e. The molecule has 0 atom stereocenters. The van der Waals surface area contributed by atoms with Crippen LogP contribution in [-0.2, 0) is 18.3 Å². The van der Waals surface area contributed by atoms with Gasteiger partial charge in [0.1, 0.15) is 0 Å². The van der Waals surface area contributed by atoms with E-state index in [-0.39, 0.29) is 17.9 Å². The van der Waals surface area contributed by atoms with Gasteiger partial charge in [-0.15, -0.1) is 0 Å². The van der Waals surface area contributed by atoms with Crippen LogP contribution in [0.1, 0.15) is 26.3 Å². The molecule has 0 aliphatic carbocycles. The van der Waals surface area contributed by atoms with E-state index in [1.54, 1.807) is 19.2 Å². The van der Waals surface area contributed by atoms with E-state index in [1.165, 1.54) is 4.57 Å². The van der Waals surface area contributed by atoms with Crippen LogP contribution in [0.2, 0.25) is 0 Å². The van der Waals surface area contributed by atoms with E-state index in [2.05, 4.69) is 5.32 Å². The van der Waals surface area contributed by atoms with Crippen molar-refractivity contribution in [3.05, 3.63) is 34.3 Å². The number of benzene rings is 1. The zero-order chi connectivity index (χ0) is 14.2. The highest BCUT2D eigenvalue weighted by molar-refractivity contribution is 5.81. The monoisotopic (exact) mass is 262 g/mol. The number of nitrogens with one attached hydrogen (secondary N) is 1. The molecule has 1 heterocycles. The highest BCUT2D eigenvalue weighted by Crippen LogP contribution is 2.15. The van der Waals surface area contributed by atoms with Gasteiger partial charge in [0.05, 0.1) is 11.9 Å². The maximum atomic E-state index is 11.9. The first-order valence-electron chi connectivity index (χ1n) is 6.16. The lowest BCUT2D eigenvalue weighted by Gasteiger charge is -2.20. The first-order valence-corrected chi connectivity index (χ1v) is 6.16. The minimum absolute atomic E-state index is 0.0413. The summed E-state index contributed by atoms with van der Waals surface area (Å²) < 4.78 is 6.48. The molecule has 0 fully saturated rings. The average Bonchev–Trinajstić information content (AvgIpc) is 2.53. The highest BCUT2D eigenvalue weighted by atomic mass is 16.4. The van der Waals surface area contributed by atoms with Crippen molar-refractivity contribution < 1.29 is 9.21 Å². The number of fused-ring (bicyclic) bond motifs is 1. The van der Waals surface area contributed by atoms with Gasteiger partial charge in [-0.3, -0.25) is 9.36 Å². The van der Waals surface area contributed by atoms with Gasteiger partial charge in [-0.25, -0.2) is 4.79 Å². The molecule has 102 valence electrons. The molecule has 2 rings (SSSR count). The van der Waals surface area contributed by atoms with E-state index in [1.807, 2.05) is 26.8 Å². The predicted molar refractivity (Wildman–Crippen MR) is 73.1 cm³/mol. The zero-order valence-electron chi connectivity index (χ0n) is 11.6. The topological polar surface area (TPSA) is 64.2 Å². The Morgan fingerprint density at radius 1 is 1.37 bits per heavy atom. The second-order valence-electron chi connectivity index (χ2n) is 5.70. The van der Waals surface area contributed by atoms with Gasteiger partial charge >= 0.3 is 5.76 Å². The first-order chi connectivity index (χ1) is 8.76. The van der Waals surface area contributed by atoms with Gasteiger partial charge in [-0.05, 0) is 38.5 Å². The largest absolute Gasteiger partial charge is 0.419 e. The van der Waals surface area contributed by atoms with Crippen molar-refractivity contribution in [3.63, 3.8) is 0 Å². The van der Waals surface area contributed by atoms with Crippen molar-refractivity contribution in [1.82, 2.24) is 9.88 Å². The van der Waals surface area contributed by atoms with Crippen LogP contribution in [0.5, 0.6) is 0 Å². The van der Waals surface area contributed by atoms with E-state index >= 15 is 0 Å². The Morgan fingerprint density at radius 3 is 2.68 bits per heavy atom. The molecule has 0 aliphatic rings. The number of carbonyl (C=O) groups excluding carboxylic acids is 1. The summed E-state index contributed by atoms with van der Waals surface area (Å²) in [6.07, 6.45) is 0.284. The molecule has 0 radical (unpaired) electrons. The molecule has 0 saturated carbocycles. The van der Waals surface area contributed by atoms with Crippen LogP contribution < -0.4 is 11.1 Å². The Bertz CT molecular complexity index is 674. The van der Waals surface area contributed by atoms with Crippen LogP contribution in [0.3, 0.4) is 0 Å². The average molecular weight is 262 g/mol. The molecule has 2 aromatic rings. The Balaban J connectivity index is 2.24. The number of nitrogens with zero attached hydrogens (tertiary/aromatic N) is 1. The highest BCUT2D eigenvalue weighted by Gasteiger charge is 2.14. The van der Waals surface area contributed by atoms with E-state index in [9.17, 15) is 9.59 Å². The second kappa shape index (κ2) is 4.57. The normalized spacial score (nSPS) is 11.8. The van der Waals surface area contributed by atoms with Gasteiger partial charge in [0.25, 0.3) is 0 Å². The molecular weight excluding hydrogens is 244 g/mol. The number of aryl methyl sites for hydroxylation is 1. The third kappa shape index (κ3) is 3.05. The van der Waals surface area contributed by atoms with Crippen molar-refractivity contribution >= 4 is 17.0 Å². The molecule has 0 aliphatic heterocycles. The molecule has 1 aromatic heterocycles. The van der Waals surface area contributed by atoms with Gasteiger partial charge in [-0.2, -0.15) is 0 Å². The van der Waals surface area contributed by atoms with Crippen LogP contribution in [0, 0.1) is 0 Å². The number of hydrogen-bond donors (Lipinski definition) is 1. The number of oxazole rings is 1. The molecular formula is C14H18N2O3. The zero-order valence-corrected chi connectivity index (χ0v) is 11.6.